The summed E-state index contributed by atoms with van der Waals surface area (Å²) in [6.45, 7) is 10.8. The van der Waals surface area contributed by atoms with Gasteiger partial charge in [-0.3, -0.25) is 0 Å². The third kappa shape index (κ3) is 3.78. The Hall–Kier alpha value is -1.45. The van der Waals surface area contributed by atoms with Crippen molar-refractivity contribution in [1.29, 1.82) is 0 Å². The van der Waals surface area contributed by atoms with E-state index in [9.17, 15) is 0 Å². The predicted octanol–water partition coefficient (Wildman–Crippen LogP) is 3.95. The number of aromatic nitrogens is 2. The molecule has 4 nitrogen and oxygen atoms in total. The van der Waals surface area contributed by atoms with Gasteiger partial charge in [-0.2, -0.15) is 5.10 Å². The van der Waals surface area contributed by atoms with E-state index in [-0.39, 0.29) is 0 Å². The smallest absolute Gasteiger partial charge is 0.243 e. The zero-order valence-electron chi connectivity index (χ0n) is 13.3. The molecule has 0 saturated heterocycles. The van der Waals surface area contributed by atoms with Gasteiger partial charge in [-0.1, -0.05) is 20.8 Å². The number of nitrogens with zero attached hydrogens (tertiary/aromatic N) is 3. The van der Waals surface area contributed by atoms with Crippen molar-refractivity contribution in [2.45, 2.75) is 53.9 Å². The fourth-order valence-electron chi connectivity index (χ4n) is 2.99. The Morgan fingerprint density at radius 3 is 2.45 bits per heavy atom. The van der Waals surface area contributed by atoms with Gasteiger partial charge < -0.3 is 0 Å². The van der Waals surface area contributed by atoms with Crippen LogP contribution in [0.15, 0.2) is 11.2 Å². The topological polar surface area (TPSA) is 50.2 Å². The molecule has 0 spiro atoms. The van der Waals surface area contributed by atoms with Crippen molar-refractivity contribution in [3.63, 3.8) is 0 Å². The molecule has 2 rings (SSSR count). The zero-order valence-corrected chi connectivity index (χ0v) is 13.3. The molecule has 0 bridgehead atoms. The van der Waals surface area contributed by atoms with Gasteiger partial charge in [-0.05, 0) is 51.0 Å². The molecule has 0 aromatic carbocycles. The van der Waals surface area contributed by atoms with Crippen LogP contribution in [-0.4, -0.2) is 15.7 Å². The highest BCUT2D eigenvalue weighted by molar-refractivity contribution is 5.88. The number of anilines is 1. The largest absolute Gasteiger partial charge is 0.245 e. The average Bonchev–Trinajstić information content (AvgIpc) is 2.35. The molecule has 1 fully saturated rings. The Morgan fingerprint density at radius 2 is 1.85 bits per heavy atom. The summed E-state index contributed by atoms with van der Waals surface area (Å²) in [6.07, 6.45) is 3.63. The van der Waals surface area contributed by atoms with Gasteiger partial charge in [-0.15, -0.1) is 0 Å². The molecule has 0 unspecified atom stereocenters. The number of aryl methyl sites for hydroxylation is 2. The lowest BCUT2D eigenvalue weighted by atomic mass is 9.76. The third-order valence-corrected chi connectivity index (χ3v) is 4.04. The molecule has 110 valence electrons. The fourth-order valence-corrected chi connectivity index (χ4v) is 2.99. The molecule has 2 atom stereocenters. The van der Waals surface area contributed by atoms with Crippen LogP contribution in [0.5, 0.6) is 0 Å². The van der Waals surface area contributed by atoms with Crippen LogP contribution in [0.4, 0.5) is 5.95 Å². The molecule has 0 radical (unpaired) electrons. The van der Waals surface area contributed by atoms with Gasteiger partial charge in [-0.25, -0.2) is 15.4 Å². The Morgan fingerprint density at radius 1 is 1.20 bits per heavy atom. The van der Waals surface area contributed by atoms with E-state index in [0.29, 0.717) is 17.8 Å². The maximum absolute atomic E-state index is 4.63. The Balaban J connectivity index is 2.14. The summed E-state index contributed by atoms with van der Waals surface area (Å²) in [4.78, 5) is 8.76. The van der Waals surface area contributed by atoms with Crippen LogP contribution < -0.4 is 5.43 Å². The average molecular weight is 274 g/mol. The van der Waals surface area contributed by atoms with Gasteiger partial charge in [0.2, 0.25) is 5.95 Å². The molecular weight excluding hydrogens is 248 g/mol. The molecule has 1 aromatic rings. The van der Waals surface area contributed by atoms with E-state index in [1.165, 1.54) is 18.6 Å². The second-order valence-corrected chi connectivity index (χ2v) is 6.43. The molecule has 1 saturated carbocycles. The van der Waals surface area contributed by atoms with Crippen LogP contribution in [0, 0.1) is 31.6 Å². The van der Waals surface area contributed by atoms with E-state index in [1.54, 1.807) is 0 Å². The first kappa shape index (κ1) is 14.9. The summed E-state index contributed by atoms with van der Waals surface area (Å²) in [5.41, 5.74) is 6.29. The Kier molecular flexibility index (Phi) is 4.73. The summed E-state index contributed by atoms with van der Waals surface area (Å²) in [5, 5.41) is 4.63. The van der Waals surface area contributed by atoms with E-state index in [4.69, 9.17) is 0 Å². The van der Waals surface area contributed by atoms with Crippen molar-refractivity contribution in [3.05, 3.63) is 17.5 Å². The minimum absolute atomic E-state index is 0.588. The van der Waals surface area contributed by atoms with Crippen LogP contribution in [0.25, 0.3) is 0 Å². The molecule has 0 aliphatic heterocycles. The fraction of sp³-hybridized carbons (Fsp3) is 0.688. The van der Waals surface area contributed by atoms with Crippen molar-refractivity contribution in [2.75, 3.05) is 5.43 Å². The summed E-state index contributed by atoms with van der Waals surface area (Å²) >= 11 is 0. The van der Waals surface area contributed by atoms with E-state index < -0.39 is 0 Å². The first-order valence-corrected chi connectivity index (χ1v) is 7.60. The summed E-state index contributed by atoms with van der Waals surface area (Å²) in [6, 6.07) is 1.97. The van der Waals surface area contributed by atoms with E-state index >= 15 is 0 Å². The molecule has 1 aromatic heterocycles. The molecule has 1 aliphatic carbocycles. The second-order valence-electron chi connectivity index (χ2n) is 6.43. The number of hydrogen-bond donors (Lipinski definition) is 1. The minimum atomic E-state index is 0.588. The summed E-state index contributed by atoms with van der Waals surface area (Å²) < 4.78 is 0. The minimum Gasteiger partial charge on any atom is -0.245 e. The van der Waals surface area contributed by atoms with E-state index in [1.807, 2.05) is 19.9 Å². The Bertz CT molecular complexity index is 473. The van der Waals surface area contributed by atoms with Crippen LogP contribution in [0.1, 0.15) is 51.4 Å². The monoisotopic (exact) mass is 274 g/mol. The van der Waals surface area contributed by atoms with Gasteiger partial charge >= 0.3 is 0 Å². The molecule has 1 heterocycles. The van der Waals surface area contributed by atoms with Crippen molar-refractivity contribution in [2.24, 2.45) is 22.9 Å². The summed E-state index contributed by atoms with van der Waals surface area (Å²) in [5.74, 6) is 2.56. The van der Waals surface area contributed by atoms with Gasteiger partial charge in [0.15, 0.2) is 0 Å². The van der Waals surface area contributed by atoms with E-state index in [2.05, 4.69) is 41.3 Å². The third-order valence-electron chi connectivity index (χ3n) is 4.04. The highest BCUT2D eigenvalue weighted by atomic mass is 15.4. The lowest BCUT2D eigenvalue weighted by Gasteiger charge is -2.30. The lowest BCUT2D eigenvalue weighted by molar-refractivity contribution is 0.364. The van der Waals surface area contributed by atoms with Gasteiger partial charge in [0.1, 0.15) is 0 Å². The van der Waals surface area contributed by atoms with Crippen LogP contribution >= 0.6 is 0 Å². The van der Waals surface area contributed by atoms with Gasteiger partial charge in [0.25, 0.3) is 0 Å². The number of rotatable bonds is 3. The molecular formula is C16H26N4. The molecule has 20 heavy (non-hydrogen) atoms. The van der Waals surface area contributed by atoms with Crippen molar-refractivity contribution in [1.82, 2.24) is 9.97 Å². The van der Waals surface area contributed by atoms with Crippen molar-refractivity contribution >= 4 is 11.7 Å². The SMILES string of the molecule is Cc1cc(C)nc(N/N=C2/C[C@H](C)CC[C@@H]2C(C)C)n1. The first-order valence-electron chi connectivity index (χ1n) is 7.60. The number of hydrazone groups is 1. The highest BCUT2D eigenvalue weighted by Crippen LogP contribution is 2.31. The predicted molar refractivity (Wildman–Crippen MR) is 83.9 cm³/mol. The lowest BCUT2D eigenvalue weighted by Crippen LogP contribution is -2.28. The van der Waals surface area contributed by atoms with Crippen LogP contribution in [0.3, 0.4) is 0 Å². The number of hydrogen-bond acceptors (Lipinski definition) is 4. The Labute approximate surface area is 122 Å². The summed E-state index contributed by atoms with van der Waals surface area (Å²) in [7, 11) is 0. The molecule has 4 heteroatoms. The maximum Gasteiger partial charge on any atom is 0.243 e. The van der Waals surface area contributed by atoms with Gasteiger partial charge in [0, 0.05) is 23.0 Å². The highest BCUT2D eigenvalue weighted by Gasteiger charge is 2.27. The van der Waals surface area contributed by atoms with Crippen LogP contribution in [-0.2, 0) is 0 Å². The first-order chi connectivity index (χ1) is 9.45. The van der Waals surface area contributed by atoms with Crippen molar-refractivity contribution < 1.29 is 0 Å². The molecule has 1 aliphatic rings. The molecule has 0 amide bonds. The standard InChI is InChI=1S/C16H26N4/c1-10(2)14-7-6-11(3)8-15(14)19-20-16-17-12(4)9-13(5)18-16/h9-11,14H,6-8H2,1-5H3,(H,17,18,20)/b19-15-/t11-,14-/m1/s1. The van der Waals surface area contributed by atoms with Crippen LogP contribution in [0.2, 0.25) is 0 Å². The van der Waals surface area contributed by atoms with Gasteiger partial charge in [0.05, 0.1) is 0 Å². The molecule has 1 N–H and O–H groups in total. The van der Waals surface area contributed by atoms with Crippen molar-refractivity contribution in [3.8, 4) is 0 Å². The maximum atomic E-state index is 4.63. The zero-order chi connectivity index (χ0) is 14.7. The second kappa shape index (κ2) is 6.33. The quantitative estimate of drug-likeness (QED) is 0.849. The number of nitrogens with one attached hydrogen (secondary N) is 1. The normalized spacial score (nSPS) is 25.2. The van der Waals surface area contributed by atoms with E-state index in [0.717, 1.165) is 23.7 Å².